The van der Waals surface area contributed by atoms with Crippen LogP contribution >= 0.6 is 11.8 Å². The van der Waals surface area contributed by atoms with Gasteiger partial charge in [-0.3, -0.25) is 19.3 Å². The molecule has 11 nitrogen and oxygen atoms in total. The summed E-state index contributed by atoms with van der Waals surface area (Å²) in [6.07, 6.45) is 1.55. The number of nitrogens with one attached hydrogen (secondary N) is 1. The van der Waals surface area contributed by atoms with Crippen molar-refractivity contribution in [2.24, 2.45) is 0 Å². The Hall–Kier alpha value is -3.55. The van der Waals surface area contributed by atoms with Crippen molar-refractivity contribution in [3.8, 4) is 17.2 Å². The van der Waals surface area contributed by atoms with E-state index in [1.54, 1.807) is 18.2 Å². The Morgan fingerprint density at radius 2 is 1.62 bits per heavy atom. The predicted molar refractivity (Wildman–Crippen MR) is 138 cm³/mol. The summed E-state index contributed by atoms with van der Waals surface area (Å²) in [5.74, 6) is 0.259. The van der Waals surface area contributed by atoms with E-state index in [0.29, 0.717) is 22.8 Å². The van der Waals surface area contributed by atoms with Crippen LogP contribution in [0.1, 0.15) is 15.9 Å². The highest BCUT2D eigenvalue weighted by atomic mass is 32.2. The van der Waals surface area contributed by atoms with Crippen LogP contribution in [0.5, 0.6) is 17.2 Å². The normalized spacial score (nSPS) is 14.9. The fourth-order valence-electron chi connectivity index (χ4n) is 3.40. The lowest BCUT2D eigenvalue weighted by molar-refractivity contribution is -0.122. The number of amides is 3. The van der Waals surface area contributed by atoms with Gasteiger partial charge in [0.1, 0.15) is 0 Å². The van der Waals surface area contributed by atoms with Gasteiger partial charge in [-0.2, -0.15) is 0 Å². The molecule has 1 aliphatic heterocycles. The second-order valence-corrected chi connectivity index (χ2v) is 11.0. The lowest BCUT2D eigenvalue weighted by Crippen LogP contribution is -2.37. The number of methoxy groups -OCH3 is 3. The molecule has 0 unspecified atom stereocenters. The van der Waals surface area contributed by atoms with Crippen molar-refractivity contribution in [1.29, 1.82) is 0 Å². The van der Waals surface area contributed by atoms with Gasteiger partial charge in [0.25, 0.3) is 17.1 Å². The van der Waals surface area contributed by atoms with Crippen molar-refractivity contribution in [2.45, 2.75) is 4.90 Å². The molecule has 1 heterocycles. The van der Waals surface area contributed by atoms with Gasteiger partial charge in [-0.05, 0) is 59.8 Å². The van der Waals surface area contributed by atoms with Gasteiger partial charge >= 0.3 is 0 Å². The van der Waals surface area contributed by atoms with Crippen molar-refractivity contribution in [3.63, 3.8) is 0 Å². The van der Waals surface area contributed by atoms with Crippen LogP contribution in [-0.4, -0.2) is 83.2 Å². The van der Waals surface area contributed by atoms with Crippen molar-refractivity contribution >= 4 is 44.9 Å². The molecule has 0 saturated carbocycles. The molecule has 3 rings (SSSR count). The fraction of sp³-hybridized carbons (Fsp3) is 0.292. The largest absolute Gasteiger partial charge is 0.493 e. The molecule has 0 atom stereocenters. The van der Waals surface area contributed by atoms with E-state index in [0.717, 1.165) is 21.0 Å². The van der Waals surface area contributed by atoms with E-state index in [-0.39, 0.29) is 28.5 Å². The average molecular weight is 550 g/mol. The molecule has 0 aromatic heterocycles. The van der Waals surface area contributed by atoms with Crippen LogP contribution in [0.4, 0.5) is 4.79 Å². The third-order valence-electron chi connectivity index (χ3n) is 5.37. The summed E-state index contributed by atoms with van der Waals surface area (Å²) < 4.78 is 41.3. The van der Waals surface area contributed by atoms with Gasteiger partial charge in [0.15, 0.2) is 11.5 Å². The molecule has 0 radical (unpaired) electrons. The molecule has 37 heavy (non-hydrogen) atoms. The Labute approximate surface area is 219 Å². The molecule has 0 bridgehead atoms. The van der Waals surface area contributed by atoms with Gasteiger partial charge in [-0.15, -0.1) is 0 Å². The van der Waals surface area contributed by atoms with Crippen molar-refractivity contribution < 1.29 is 37.0 Å². The van der Waals surface area contributed by atoms with Crippen LogP contribution < -0.4 is 19.5 Å². The quantitative estimate of drug-likeness (QED) is 0.444. The van der Waals surface area contributed by atoms with Gasteiger partial charge in [0.2, 0.25) is 15.8 Å². The summed E-state index contributed by atoms with van der Waals surface area (Å²) >= 11 is 0.787. The lowest BCUT2D eigenvalue weighted by atomic mass is 10.1. The summed E-state index contributed by atoms with van der Waals surface area (Å²) in [6, 6.07) is 8.79. The zero-order valence-electron chi connectivity index (χ0n) is 20.9. The zero-order chi connectivity index (χ0) is 27.3. The highest BCUT2D eigenvalue weighted by Crippen LogP contribution is 2.40. The molecule has 1 fully saturated rings. The number of nitrogens with zero attached hydrogens (tertiary/aromatic N) is 2. The number of rotatable bonds is 10. The molecule has 2 aromatic rings. The maximum absolute atomic E-state index is 12.8. The SMILES string of the molecule is COc1cc(/C=C2\SC(=O)N(CCNC(=O)c3ccc(S(=O)(=O)N(C)C)cc3)C2=O)cc(OC)c1OC. The summed E-state index contributed by atoms with van der Waals surface area (Å²) in [5, 5.41) is 2.17. The first-order valence-electron chi connectivity index (χ1n) is 10.9. The van der Waals surface area contributed by atoms with Crippen LogP contribution in [0.25, 0.3) is 6.08 Å². The molecular weight excluding hydrogens is 522 g/mol. The lowest BCUT2D eigenvalue weighted by Gasteiger charge is -2.14. The van der Waals surface area contributed by atoms with Gasteiger partial charge in [0.05, 0.1) is 31.1 Å². The third-order valence-corrected chi connectivity index (χ3v) is 8.11. The predicted octanol–water partition coefficient (Wildman–Crippen LogP) is 2.43. The van der Waals surface area contributed by atoms with Crippen LogP contribution in [0.3, 0.4) is 0 Å². The molecule has 0 aliphatic carbocycles. The van der Waals surface area contributed by atoms with E-state index in [4.69, 9.17) is 14.2 Å². The topological polar surface area (TPSA) is 132 Å². The number of sulfonamides is 1. The van der Waals surface area contributed by atoms with Crippen LogP contribution in [0, 0.1) is 0 Å². The summed E-state index contributed by atoms with van der Waals surface area (Å²) in [5.41, 5.74) is 0.821. The van der Waals surface area contributed by atoms with E-state index in [1.165, 1.54) is 59.7 Å². The average Bonchev–Trinajstić information content (AvgIpc) is 3.15. The molecule has 2 aromatic carbocycles. The monoisotopic (exact) mass is 549 g/mol. The number of benzene rings is 2. The molecular formula is C24H27N3O8S2. The van der Waals surface area contributed by atoms with E-state index in [1.807, 2.05) is 0 Å². The number of carbonyl (C=O) groups excluding carboxylic acids is 3. The van der Waals surface area contributed by atoms with Gasteiger partial charge in [0, 0.05) is 32.7 Å². The first-order chi connectivity index (χ1) is 17.5. The standard InChI is InChI=1S/C24H27N3O8S2/c1-26(2)37(31,32)17-8-6-16(7-9-17)22(28)25-10-11-27-23(29)20(36-24(27)30)14-15-12-18(33-3)21(35-5)19(13-15)34-4/h6-9,12-14H,10-11H2,1-5H3,(H,25,28)/b20-14-. The van der Waals surface area contributed by atoms with E-state index in [9.17, 15) is 22.8 Å². The Morgan fingerprint density at radius 3 is 2.14 bits per heavy atom. The molecule has 198 valence electrons. The molecule has 13 heteroatoms. The van der Waals surface area contributed by atoms with Crippen LogP contribution in [-0.2, 0) is 14.8 Å². The minimum absolute atomic E-state index is 0.0199. The second-order valence-electron chi connectivity index (χ2n) is 7.86. The maximum Gasteiger partial charge on any atom is 0.293 e. The zero-order valence-corrected chi connectivity index (χ0v) is 22.6. The van der Waals surface area contributed by atoms with E-state index in [2.05, 4.69) is 5.32 Å². The molecule has 1 N–H and O–H groups in total. The smallest absolute Gasteiger partial charge is 0.293 e. The second kappa shape index (κ2) is 11.7. The Morgan fingerprint density at radius 1 is 1.03 bits per heavy atom. The summed E-state index contributed by atoms with van der Waals surface area (Å²) in [4.78, 5) is 39.0. The van der Waals surface area contributed by atoms with Crippen molar-refractivity contribution in [3.05, 3.63) is 52.4 Å². The number of hydrogen-bond donors (Lipinski definition) is 1. The first-order valence-corrected chi connectivity index (χ1v) is 13.1. The maximum atomic E-state index is 12.8. The number of thioether (sulfide) groups is 1. The van der Waals surface area contributed by atoms with Gasteiger partial charge < -0.3 is 19.5 Å². The minimum Gasteiger partial charge on any atom is -0.493 e. The Balaban J connectivity index is 1.65. The van der Waals surface area contributed by atoms with Crippen molar-refractivity contribution in [1.82, 2.24) is 14.5 Å². The van der Waals surface area contributed by atoms with Crippen molar-refractivity contribution in [2.75, 3.05) is 48.5 Å². The van der Waals surface area contributed by atoms with Crippen LogP contribution in [0.15, 0.2) is 46.2 Å². The summed E-state index contributed by atoms with van der Waals surface area (Å²) in [7, 11) is 3.66. The summed E-state index contributed by atoms with van der Waals surface area (Å²) in [6.45, 7) is -0.0117. The first kappa shape index (κ1) is 28.0. The molecule has 1 aliphatic rings. The van der Waals surface area contributed by atoms with Gasteiger partial charge in [-0.25, -0.2) is 12.7 Å². The van der Waals surface area contributed by atoms with E-state index >= 15 is 0 Å². The molecule has 0 spiro atoms. The fourth-order valence-corrected chi connectivity index (χ4v) is 5.17. The third kappa shape index (κ3) is 6.06. The van der Waals surface area contributed by atoms with Crippen LogP contribution in [0.2, 0.25) is 0 Å². The molecule has 3 amide bonds. The van der Waals surface area contributed by atoms with Gasteiger partial charge in [-0.1, -0.05) is 0 Å². The highest BCUT2D eigenvalue weighted by Gasteiger charge is 2.35. The number of imide groups is 1. The minimum atomic E-state index is -3.61. The number of hydrogen-bond acceptors (Lipinski definition) is 9. The Bertz CT molecular complexity index is 1310. The molecule has 1 saturated heterocycles. The number of ether oxygens (including phenoxy) is 3. The van der Waals surface area contributed by atoms with E-state index < -0.39 is 27.1 Å². The Kier molecular flexibility index (Phi) is 8.84. The number of carbonyl (C=O) groups is 3. The highest BCUT2D eigenvalue weighted by molar-refractivity contribution is 8.18.